The number of hydrogen-bond acceptors (Lipinski definition) is 3. The molecule has 5 heteroatoms. The van der Waals surface area contributed by atoms with E-state index in [-0.39, 0.29) is 10.7 Å². The Bertz CT molecular complexity index is 1290. The summed E-state index contributed by atoms with van der Waals surface area (Å²) >= 11 is 0. The molecule has 3 aromatic carbocycles. The third-order valence-corrected chi connectivity index (χ3v) is 6.97. The second-order valence-corrected chi connectivity index (χ2v) is 9.28. The molecule has 0 spiro atoms. The van der Waals surface area contributed by atoms with E-state index in [2.05, 4.69) is 12.1 Å². The number of carbonyl (C=O) groups excluding carboxylic acids is 1. The van der Waals surface area contributed by atoms with Gasteiger partial charge in [-0.2, -0.15) is 0 Å². The lowest BCUT2D eigenvalue weighted by Crippen LogP contribution is -2.11. The van der Waals surface area contributed by atoms with Crippen LogP contribution in [0.15, 0.2) is 90.0 Å². The highest BCUT2D eigenvalue weighted by Crippen LogP contribution is 2.24. The average Bonchev–Trinajstić information content (AvgIpc) is 3.19. The van der Waals surface area contributed by atoms with Gasteiger partial charge in [-0.3, -0.25) is 4.79 Å². The van der Waals surface area contributed by atoms with E-state index in [1.54, 1.807) is 54.7 Å². The van der Waals surface area contributed by atoms with Crippen LogP contribution in [0.1, 0.15) is 34.3 Å². The van der Waals surface area contributed by atoms with Crippen molar-refractivity contribution in [1.82, 2.24) is 3.97 Å². The van der Waals surface area contributed by atoms with Crippen LogP contribution in [0.4, 0.5) is 0 Å². The highest BCUT2D eigenvalue weighted by Gasteiger charge is 2.19. The van der Waals surface area contributed by atoms with Crippen molar-refractivity contribution in [2.24, 2.45) is 0 Å². The fourth-order valence-electron chi connectivity index (χ4n) is 3.57. The standard InChI is InChI=1S/C25H23NO3S/c1-19-10-13-23(14-11-19)30(28,29)26-17-16-21-18-22(12-15-24(21)26)25(27)9-5-8-20-6-3-2-4-7-20/h2-4,6-7,10-18H,5,8-9H2,1H3. The van der Waals surface area contributed by atoms with Crippen LogP contribution in [-0.2, 0) is 16.4 Å². The van der Waals surface area contributed by atoms with Gasteiger partial charge in [0.2, 0.25) is 0 Å². The van der Waals surface area contributed by atoms with Gasteiger partial charge in [0.05, 0.1) is 10.4 Å². The second kappa shape index (κ2) is 8.28. The Morgan fingerprint density at radius 1 is 0.900 bits per heavy atom. The number of fused-ring (bicyclic) bond motifs is 1. The van der Waals surface area contributed by atoms with Crippen molar-refractivity contribution < 1.29 is 13.2 Å². The zero-order chi connectivity index (χ0) is 21.1. The van der Waals surface area contributed by atoms with Crippen LogP contribution in [-0.4, -0.2) is 18.2 Å². The molecule has 0 saturated heterocycles. The minimum atomic E-state index is -3.69. The van der Waals surface area contributed by atoms with Gasteiger partial charge >= 0.3 is 0 Å². The third kappa shape index (κ3) is 4.07. The molecule has 0 unspecified atom stereocenters. The lowest BCUT2D eigenvalue weighted by molar-refractivity contribution is 0.0980. The molecule has 0 fully saturated rings. The van der Waals surface area contributed by atoms with Gasteiger partial charge in [0.25, 0.3) is 10.0 Å². The molecule has 0 bridgehead atoms. The first-order chi connectivity index (χ1) is 14.4. The molecular weight excluding hydrogens is 394 g/mol. The molecule has 0 aliphatic heterocycles. The second-order valence-electron chi connectivity index (χ2n) is 7.47. The molecule has 30 heavy (non-hydrogen) atoms. The van der Waals surface area contributed by atoms with Crippen LogP contribution >= 0.6 is 0 Å². The van der Waals surface area contributed by atoms with E-state index in [1.807, 2.05) is 25.1 Å². The first kappa shape index (κ1) is 20.1. The zero-order valence-electron chi connectivity index (χ0n) is 16.8. The van der Waals surface area contributed by atoms with Crippen LogP contribution < -0.4 is 0 Å². The summed E-state index contributed by atoms with van der Waals surface area (Å²) in [6, 6.07) is 23.8. The van der Waals surface area contributed by atoms with Crippen LogP contribution in [0.3, 0.4) is 0 Å². The van der Waals surface area contributed by atoms with Crippen LogP contribution in [0.25, 0.3) is 10.9 Å². The van der Waals surface area contributed by atoms with Gasteiger partial charge in [0.15, 0.2) is 5.78 Å². The molecule has 0 aliphatic rings. The molecule has 0 amide bonds. The monoisotopic (exact) mass is 417 g/mol. The van der Waals surface area contributed by atoms with Crippen molar-refractivity contribution in [2.45, 2.75) is 31.1 Å². The van der Waals surface area contributed by atoms with Gasteiger partial charge in [-0.1, -0.05) is 48.0 Å². The minimum Gasteiger partial charge on any atom is -0.294 e. The van der Waals surface area contributed by atoms with Gasteiger partial charge < -0.3 is 0 Å². The molecule has 4 nitrogen and oxygen atoms in total. The normalized spacial score (nSPS) is 11.6. The number of aryl methyl sites for hydroxylation is 2. The minimum absolute atomic E-state index is 0.0713. The predicted octanol–water partition coefficient (Wildman–Crippen LogP) is 5.39. The SMILES string of the molecule is Cc1ccc(S(=O)(=O)n2ccc3cc(C(=O)CCCc4ccccc4)ccc32)cc1. The zero-order valence-corrected chi connectivity index (χ0v) is 17.6. The van der Waals surface area contributed by atoms with Gasteiger partial charge in [-0.25, -0.2) is 12.4 Å². The fraction of sp³-hybridized carbons (Fsp3) is 0.160. The van der Waals surface area contributed by atoms with Crippen molar-refractivity contribution in [2.75, 3.05) is 0 Å². The van der Waals surface area contributed by atoms with Crippen molar-refractivity contribution in [3.05, 3.63) is 102 Å². The third-order valence-electron chi connectivity index (χ3n) is 5.27. The molecule has 0 aliphatic carbocycles. The maximum absolute atomic E-state index is 13.0. The van der Waals surface area contributed by atoms with Gasteiger partial charge in [0, 0.05) is 23.6 Å². The molecule has 1 heterocycles. The Morgan fingerprint density at radius 3 is 2.37 bits per heavy atom. The Labute approximate surface area is 176 Å². The smallest absolute Gasteiger partial charge is 0.268 e. The van der Waals surface area contributed by atoms with Crippen LogP contribution in [0.2, 0.25) is 0 Å². The summed E-state index contributed by atoms with van der Waals surface area (Å²) < 4.78 is 27.3. The topological polar surface area (TPSA) is 56.1 Å². The number of Topliss-reactive ketones (excluding diaryl/α,β-unsaturated/α-hetero) is 1. The maximum atomic E-state index is 13.0. The van der Waals surface area contributed by atoms with Crippen molar-refractivity contribution in [3.63, 3.8) is 0 Å². The Morgan fingerprint density at radius 2 is 1.63 bits per heavy atom. The quantitative estimate of drug-likeness (QED) is 0.379. The fourth-order valence-corrected chi connectivity index (χ4v) is 4.92. The Hall–Kier alpha value is -3.18. The van der Waals surface area contributed by atoms with Gasteiger partial charge in [-0.15, -0.1) is 0 Å². The van der Waals surface area contributed by atoms with E-state index in [0.29, 0.717) is 17.5 Å². The average molecular weight is 418 g/mol. The number of nitrogens with zero attached hydrogens (tertiary/aromatic N) is 1. The molecule has 0 atom stereocenters. The highest BCUT2D eigenvalue weighted by atomic mass is 32.2. The van der Waals surface area contributed by atoms with Crippen LogP contribution in [0, 0.1) is 6.92 Å². The Balaban J connectivity index is 1.53. The van der Waals surface area contributed by atoms with E-state index < -0.39 is 10.0 Å². The summed E-state index contributed by atoms with van der Waals surface area (Å²) in [6.45, 7) is 1.92. The van der Waals surface area contributed by atoms with Crippen molar-refractivity contribution in [1.29, 1.82) is 0 Å². The maximum Gasteiger partial charge on any atom is 0.268 e. The van der Waals surface area contributed by atoms with Gasteiger partial charge in [0.1, 0.15) is 0 Å². The summed E-state index contributed by atoms with van der Waals surface area (Å²) in [5.74, 6) is 0.0713. The highest BCUT2D eigenvalue weighted by molar-refractivity contribution is 7.90. The van der Waals surface area contributed by atoms with E-state index in [0.717, 1.165) is 23.8 Å². The van der Waals surface area contributed by atoms with E-state index in [4.69, 9.17) is 0 Å². The number of benzene rings is 3. The van der Waals surface area contributed by atoms with E-state index in [1.165, 1.54) is 9.54 Å². The molecule has 4 rings (SSSR count). The summed E-state index contributed by atoms with van der Waals surface area (Å²) in [5, 5.41) is 0.736. The number of carbonyl (C=O) groups is 1. The van der Waals surface area contributed by atoms with Crippen molar-refractivity contribution in [3.8, 4) is 0 Å². The molecule has 152 valence electrons. The number of ketones is 1. The number of hydrogen-bond donors (Lipinski definition) is 0. The van der Waals surface area contributed by atoms with Crippen molar-refractivity contribution >= 4 is 26.7 Å². The predicted molar refractivity (Wildman–Crippen MR) is 119 cm³/mol. The lowest BCUT2D eigenvalue weighted by Gasteiger charge is -2.08. The molecule has 0 N–H and O–H groups in total. The molecule has 0 saturated carbocycles. The summed E-state index contributed by atoms with van der Waals surface area (Å²) in [6.07, 6.45) is 3.65. The first-order valence-electron chi connectivity index (χ1n) is 9.96. The van der Waals surface area contributed by atoms with Crippen LogP contribution in [0.5, 0.6) is 0 Å². The molecular formula is C25H23NO3S. The first-order valence-corrected chi connectivity index (χ1v) is 11.4. The summed E-state index contributed by atoms with van der Waals surface area (Å²) in [5.41, 5.74) is 3.40. The largest absolute Gasteiger partial charge is 0.294 e. The molecule has 4 aromatic rings. The molecule has 1 aromatic heterocycles. The number of aromatic nitrogens is 1. The Kier molecular flexibility index (Phi) is 5.55. The van der Waals surface area contributed by atoms with E-state index in [9.17, 15) is 13.2 Å². The lowest BCUT2D eigenvalue weighted by atomic mass is 10.0. The van der Waals surface area contributed by atoms with Gasteiger partial charge in [-0.05, 0) is 61.7 Å². The molecule has 0 radical (unpaired) electrons. The summed E-state index contributed by atoms with van der Waals surface area (Å²) in [4.78, 5) is 12.9. The number of rotatable bonds is 7. The summed E-state index contributed by atoms with van der Waals surface area (Å²) in [7, 11) is -3.69. The van der Waals surface area contributed by atoms with E-state index >= 15 is 0 Å².